The maximum absolute atomic E-state index is 12.5. The van der Waals surface area contributed by atoms with Gasteiger partial charge in [-0.25, -0.2) is 0 Å². The highest BCUT2D eigenvalue weighted by Crippen LogP contribution is 2.20. The molecule has 5 nitrogen and oxygen atoms in total. The fraction of sp³-hybridized carbons (Fsp3) is 0.588. The van der Waals surface area contributed by atoms with Crippen molar-refractivity contribution >= 4 is 5.91 Å². The number of likely N-dealkylation sites (tertiary alicyclic amines) is 1. The van der Waals surface area contributed by atoms with Crippen molar-refractivity contribution in [1.29, 1.82) is 0 Å². The van der Waals surface area contributed by atoms with Crippen molar-refractivity contribution in [3.8, 4) is 5.75 Å². The molecule has 0 bridgehead atoms. The quantitative estimate of drug-likeness (QED) is 0.805. The van der Waals surface area contributed by atoms with Gasteiger partial charge in [0.15, 0.2) is 0 Å². The molecule has 1 fully saturated rings. The van der Waals surface area contributed by atoms with E-state index in [1.165, 1.54) is 0 Å². The molecular weight excluding hydrogens is 280 g/mol. The van der Waals surface area contributed by atoms with Gasteiger partial charge in [-0.1, -0.05) is 0 Å². The van der Waals surface area contributed by atoms with Gasteiger partial charge < -0.3 is 14.4 Å². The van der Waals surface area contributed by atoms with E-state index in [0.29, 0.717) is 24.8 Å². The summed E-state index contributed by atoms with van der Waals surface area (Å²) < 4.78 is 10.8. The summed E-state index contributed by atoms with van der Waals surface area (Å²) in [6.07, 6.45) is 1.23. The van der Waals surface area contributed by atoms with Gasteiger partial charge in [-0.2, -0.15) is 0 Å². The van der Waals surface area contributed by atoms with Gasteiger partial charge in [-0.3, -0.25) is 9.69 Å². The molecular formula is C17H26N2O3. The molecule has 0 saturated carbocycles. The third kappa shape index (κ3) is 3.99. The second-order valence-electron chi connectivity index (χ2n) is 5.83. The number of likely N-dealkylation sites (N-methyl/N-ethyl adjacent to an activating group) is 2. The topological polar surface area (TPSA) is 42.0 Å². The van der Waals surface area contributed by atoms with E-state index in [9.17, 15) is 4.79 Å². The lowest BCUT2D eigenvalue weighted by molar-refractivity contribution is 0.0760. The molecule has 0 aliphatic carbocycles. The van der Waals surface area contributed by atoms with Gasteiger partial charge in [-0.05, 0) is 44.7 Å². The van der Waals surface area contributed by atoms with Gasteiger partial charge in [0.25, 0.3) is 5.91 Å². The van der Waals surface area contributed by atoms with Gasteiger partial charge in [0.1, 0.15) is 5.75 Å². The van der Waals surface area contributed by atoms with Crippen LogP contribution in [0.5, 0.6) is 5.75 Å². The van der Waals surface area contributed by atoms with E-state index in [2.05, 4.69) is 11.9 Å². The second-order valence-corrected chi connectivity index (χ2v) is 5.83. The summed E-state index contributed by atoms with van der Waals surface area (Å²) in [4.78, 5) is 16.5. The Hall–Kier alpha value is -1.59. The van der Waals surface area contributed by atoms with Crippen LogP contribution in [0.3, 0.4) is 0 Å². The van der Waals surface area contributed by atoms with Crippen LogP contribution < -0.4 is 4.74 Å². The number of nitrogens with zero attached hydrogens (tertiary/aromatic N) is 2. The van der Waals surface area contributed by atoms with Crippen LogP contribution in [0.25, 0.3) is 0 Å². The van der Waals surface area contributed by atoms with Crippen LogP contribution >= 0.6 is 0 Å². The molecule has 1 heterocycles. The third-order valence-corrected chi connectivity index (χ3v) is 4.23. The third-order valence-electron chi connectivity index (χ3n) is 4.23. The van der Waals surface area contributed by atoms with E-state index in [-0.39, 0.29) is 12.0 Å². The predicted octanol–water partition coefficient (Wildman–Crippen LogP) is 1.88. The largest absolute Gasteiger partial charge is 0.494 e. The molecule has 0 N–H and O–H groups in total. The number of carbonyl (C=O) groups is 1. The van der Waals surface area contributed by atoms with Crippen molar-refractivity contribution in [3.63, 3.8) is 0 Å². The van der Waals surface area contributed by atoms with E-state index in [4.69, 9.17) is 9.47 Å². The van der Waals surface area contributed by atoms with Crippen molar-refractivity contribution in [2.24, 2.45) is 0 Å². The highest BCUT2D eigenvalue weighted by Gasteiger charge is 2.31. The Balaban J connectivity index is 1.94. The number of methoxy groups -OCH3 is 1. The number of carbonyl (C=O) groups excluding carboxylic acids is 1. The fourth-order valence-electron chi connectivity index (χ4n) is 2.89. The Bertz CT molecular complexity index is 489. The van der Waals surface area contributed by atoms with E-state index in [1.807, 2.05) is 38.2 Å². The number of hydrogen-bond donors (Lipinski definition) is 0. The lowest BCUT2D eigenvalue weighted by Gasteiger charge is -2.25. The minimum atomic E-state index is 0.0392. The van der Waals surface area contributed by atoms with E-state index in [0.717, 1.165) is 18.7 Å². The molecule has 22 heavy (non-hydrogen) atoms. The van der Waals surface area contributed by atoms with Crippen LogP contribution in [0, 0.1) is 0 Å². The lowest BCUT2D eigenvalue weighted by Crippen LogP contribution is -2.39. The molecule has 5 heteroatoms. The summed E-state index contributed by atoms with van der Waals surface area (Å²) >= 11 is 0. The van der Waals surface area contributed by atoms with Crippen LogP contribution in [-0.4, -0.2) is 68.8 Å². The average molecular weight is 306 g/mol. The Labute approximate surface area is 132 Å². The van der Waals surface area contributed by atoms with Crippen molar-refractivity contribution in [2.45, 2.75) is 25.5 Å². The number of hydrogen-bond acceptors (Lipinski definition) is 4. The SMILES string of the molecule is CCOc1ccc(C(=O)N(C)C[C@@H]2C[C@H](OC)CN2C)cc1. The molecule has 1 aromatic carbocycles. The van der Waals surface area contributed by atoms with Crippen LogP contribution in [0.15, 0.2) is 24.3 Å². The van der Waals surface area contributed by atoms with Crippen molar-refractivity contribution in [2.75, 3.05) is 40.9 Å². The zero-order valence-electron chi connectivity index (χ0n) is 13.9. The van der Waals surface area contributed by atoms with Crippen LogP contribution in [0.4, 0.5) is 0 Å². The molecule has 2 rings (SSSR count). The van der Waals surface area contributed by atoms with Crippen molar-refractivity contribution < 1.29 is 14.3 Å². The van der Waals surface area contributed by atoms with E-state index < -0.39 is 0 Å². The Morgan fingerprint density at radius 3 is 2.59 bits per heavy atom. The van der Waals surface area contributed by atoms with E-state index in [1.54, 1.807) is 12.0 Å². The number of benzene rings is 1. The highest BCUT2D eigenvalue weighted by molar-refractivity contribution is 5.94. The molecule has 1 saturated heterocycles. The monoisotopic (exact) mass is 306 g/mol. The number of amides is 1. The molecule has 1 aromatic rings. The second kappa shape index (κ2) is 7.61. The molecule has 0 aromatic heterocycles. The molecule has 122 valence electrons. The maximum atomic E-state index is 12.5. The van der Waals surface area contributed by atoms with Gasteiger partial charge in [0, 0.05) is 38.9 Å². The Morgan fingerprint density at radius 2 is 2.05 bits per heavy atom. The fourth-order valence-corrected chi connectivity index (χ4v) is 2.89. The molecule has 1 aliphatic heterocycles. The summed E-state index contributed by atoms with van der Waals surface area (Å²) in [5.41, 5.74) is 0.690. The van der Waals surface area contributed by atoms with Crippen LogP contribution in [-0.2, 0) is 4.74 Å². The average Bonchev–Trinajstić information content (AvgIpc) is 2.88. The van der Waals surface area contributed by atoms with Crippen LogP contribution in [0.2, 0.25) is 0 Å². The first kappa shape index (κ1) is 16.8. The normalized spacial score (nSPS) is 21.8. The standard InChI is InChI=1S/C17H26N2O3/c1-5-22-15-8-6-13(7-9-15)17(20)19(3)11-14-10-16(21-4)12-18(14)2/h6-9,14,16H,5,10-12H2,1-4H3/t14-,16-/m0/s1. The summed E-state index contributed by atoms with van der Waals surface area (Å²) in [7, 11) is 5.68. The Kier molecular flexibility index (Phi) is 5.80. The summed E-state index contributed by atoms with van der Waals surface area (Å²) in [5.74, 6) is 0.831. The van der Waals surface area contributed by atoms with Gasteiger partial charge in [-0.15, -0.1) is 0 Å². The number of ether oxygens (including phenoxy) is 2. The number of rotatable bonds is 6. The highest BCUT2D eigenvalue weighted by atomic mass is 16.5. The molecule has 1 amide bonds. The maximum Gasteiger partial charge on any atom is 0.253 e. The first-order chi connectivity index (χ1) is 10.5. The van der Waals surface area contributed by atoms with Crippen molar-refractivity contribution in [3.05, 3.63) is 29.8 Å². The predicted molar refractivity (Wildman–Crippen MR) is 86.4 cm³/mol. The van der Waals surface area contributed by atoms with Crippen molar-refractivity contribution in [1.82, 2.24) is 9.80 Å². The summed E-state index contributed by atoms with van der Waals surface area (Å²) in [6.45, 7) is 4.20. The minimum absolute atomic E-state index is 0.0392. The first-order valence-corrected chi connectivity index (χ1v) is 7.76. The molecule has 0 unspecified atom stereocenters. The summed E-state index contributed by atoms with van der Waals surface area (Å²) in [5, 5.41) is 0. The first-order valence-electron chi connectivity index (χ1n) is 7.76. The van der Waals surface area contributed by atoms with E-state index >= 15 is 0 Å². The van der Waals surface area contributed by atoms with Crippen LogP contribution in [0.1, 0.15) is 23.7 Å². The Morgan fingerprint density at radius 1 is 1.36 bits per heavy atom. The zero-order chi connectivity index (χ0) is 16.1. The smallest absolute Gasteiger partial charge is 0.253 e. The van der Waals surface area contributed by atoms with Gasteiger partial charge >= 0.3 is 0 Å². The summed E-state index contributed by atoms with van der Waals surface area (Å²) in [6, 6.07) is 7.67. The molecule has 2 atom stereocenters. The molecule has 0 spiro atoms. The van der Waals surface area contributed by atoms with Gasteiger partial charge in [0.2, 0.25) is 0 Å². The van der Waals surface area contributed by atoms with Gasteiger partial charge in [0.05, 0.1) is 12.7 Å². The zero-order valence-corrected chi connectivity index (χ0v) is 13.9. The lowest BCUT2D eigenvalue weighted by atomic mass is 10.1. The molecule has 0 radical (unpaired) electrons. The minimum Gasteiger partial charge on any atom is -0.494 e. The molecule has 1 aliphatic rings.